The molecule has 1 aromatic carbocycles. The number of amides is 1. The standard InChI is InChI=1S/C19H19N3O3S/c1-12-6-4-7-13(2)17(12)22(14(3)23)19-21-15(11-26-19)10-25-18(24)16-8-5-9-20-16/h4-9,11,20H,10H2,1-3H3. The Kier molecular flexibility index (Phi) is 5.18. The van der Waals surface area contributed by atoms with Crippen molar-refractivity contribution in [1.29, 1.82) is 0 Å². The fraction of sp³-hybridized carbons (Fsp3) is 0.211. The lowest BCUT2D eigenvalue weighted by atomic mass is 10.1. The first-order chi connectivity index (χ1) is 12.5. The number of rotatable bonds is 5. The van der Waals surface area contributed by atoms with Crippen molar-refractivity contribution in [3.63, 3.8) is 0 Å². The molecule has 0 aliphatic rings. The first-order valence-electron chi connectivity index (χ1n) is 8.09. The number of thiazole rings is 1. The molecule has 0 bridgehead atoms. The van der Waals surface area contributed by atoms with Gasteiger partial charge in [-0.2, -0.15) is 0 Å². The minimum atomic E-state index is -0.442. The SMILES string of the molecule is CC(=O)N(c1nc(COC(=O)c2ccc[nH]2)cs1)c1c(C)cccc1C. The fourth-order valence-corrected chi connectivity index (χ4v) is 3.54. The molecule has 3 rings (SSSR count). The van der Waals surface area contributed by atoms with E-state index in [1.165, 1.54) is 18.3 Å². The highest BCUT2D eigenvalue weighted by Crippen LogP contribution is 2.33. The number of ether oxygens (including phenoxy) is 1. The number of aromatic amines is 1. The van der Waals surface area contributed by atoms with E-state index >= 15 is 0 Å². The molecule has 2 aromatic heterocycles. The lowest BCUT2D eigenvalue weighted by Gasteiger charge is -2.22. The molecule has 0 saturated heterocycles. The molecule has 0 aliphatic heterocycles. The molecule has 7 heteroatoms. The Hall–Kier alpha value is -2.93. The van der Waals surface area contributed by atoms with Crippen molar-refractivity contribution in [3.8, 4) is 0 Å². The van der Waals surface area contributed by atoms with E-state index in [4.69, 9.17) is 4.74 Å². The first-order valence-corrected chi connectivity index (χ1v) is 8.97. The van der Waals surface area contributed by atoms with Crippen LogP contribution < -0.4 is 4.90 Å². The number of H-pyrrole nitrogens is 1. The van der Waals surface area contributed by atoms with Gasteiger partial charge in [-0.3, -0.25) is 9.69 Å². The Balaban J connectivity index is 1.80. The number of anilines is 2. The third-order valence-corrected chi connectivity index (χ3v) is 4.75. The summed E-state index contributed by atoms with van der Waals surface area (Å²) < 4.78 is 5.25. The summed E-state index contributed by atoms with van der Waals surface area (Å²) in [7, 11) is 0. The van der Waals surface area contributed by atoms with Crippen LogP contribution in [0.1, 0.15) is 34.2 Å². The van der Waals surface area contributed by atoms with Crippen molar-refractivity contribution in [1.82, 2.24) is 9.97 Å². The average Bonchev–Trinajstić information content (AvgIpc) is 3.27. The molecule has 6 nitrogen and oxygen atoms in total. The number of para-hydroxylation sites is 1. The molecule has 0 unspecified atom stereocenters. The second-order valence-electron chi connectivity index (χ2n) is 5.88. The minimum absolute atomic E-state index is 0.0485. The van der Waals surface area contributed by atoms with Crippen molar-refractivity contribution in [2.24, 2.45) is 0 Å². The van der Waals surface area contributed by atoms with Gasteiger partial charge in [0.1, 0.15) is 12.3 Å². The number of aryl methyl sites for hydroxylation is 2. The van der Waals surface area contributed by atoms with Crippen molar-refractivity contribution < 1.29 is 14.3 Å². The highest BCUT2D eigenvalue weighted by atomic mass is 32.1. The molecule has 0 aliphatic carbocycles. The van der Waals surface area contributed by atoms with E-state index in [1.54, 1.807) is 28.6 Å². The van der Waals surface area contributed by atoms with Gasteiger partial charge < -0.3 is 9.72 Å². The monoisotopic (exact) mass is 369 g/mol. The molecule has 0 saturated carbocycles. The molecule has 0 fully saturated rings. The van der Waals surface area contributed by atoms with Crippen LogP contribution in [0.2, 0.25) is 0 Å². The van der Waals surface area contributed by atoms with E-state index in [1.807, 2.05) is 32.0 Å². The third-order valence-electron chi connectivity index (χ3n) is 3.88. The molecule has 3 aromatic rings. The van der Waals surface area contributed by atoms with E-state index in [9.17, 15) is 9.59 Å². The summed E-state index contributed by atoms with van der Waals surface area (Å²) in [6, 6.07) is 9.26. The van der Waals surface area contributed by atoms with E-state index in [-0.39, 0.29) is 12.5 Å². The molecular weight excluding hydrogens is 350 g/mol. The number of hydrogen-bond acceptors (Lipinski definition) is 5. The van der Waals surface area contributed by atoms with Crippen LogP contribution in [0.5, 0.6) is 0 Å². The Morgan fingerprint density at radius 3 is 2.54 bits per heavy atom. The maximum Gasteiger partial charge on any atom is 0.355 e. The summed E-state index contributed by atoms with van der Waals surface area (Å²) in [4.78, 5) is 33.1. The summed E-state index contributed by atoms with van der Waals surface area (Å²) in [5, 5.41) is 2.35. The highest BCUT2D eigenvalue weighted by Gasteiger charge is 2.21. The van der Waals surface area contributed by atoms with E-state index in [0.717, 1.165) is 16.8 Å². The summed E-state index contributed by atoms with van der Waals surface area (Å²) in [6.45, 7) is 5.49. The van der Waals surface area contributed by atoms with Crippen molar-refractivity contribution in [2.75, 3.05) is 4.90 Å². The van der Waals surface area contributed by atoms with Gasteiger partial charge in [0.15, 0.2) is 5.13 Å². The van der Waals surface area contributed by atoms with Gasteiger partial charge in [-0.15, -0.1) is 11.3 Å². The predicted molar refractivity (Wildman–Crippen MR) is 101 cm³/mol. The Bertz CT molecular complexity index is 911. The van der Waals surface area contributed by atoms with Crippen LogP contribution in [0.25, 0.3) is 0 Å². The number of hydrogen-bond donors (Lipinski definition) is 1. The van der Waals surface area contributed by atoms with E-state index in [0.29, 0.717) is 16.5 Å². The second-order valence-corrected chi connectivity index (χ2v) is 6.71. The molecule has 0 spiro atoms. The third kappa shape index (κ3) is 3.67. The molecule has 0 atom stereocenters. The van der Waals surface area contributed by atoms with Crippen LogP contribution in [-0.4, -0.2) is 21.8 Å². The zero-order valence-corrected chi connectivity index (χ0v) is 15.6. The Morgan fingerprint density at radius 2 is 1.92 bits per heavy atom. The van der Waals surface area contributed by atoms with Gasteiger partial charge in [0, 0.05) is 18.5 Å². The summed E-state index contributed by atoms with van der Waals surface area (Å²) in [6.07, 6.45) is 1.66. The van der Waals surface area contributed by atoms with Crippen LogP contribution in [-0.2, 0) is 16.1 Å². The smallest absolute Gasteiger partial charge is 0.355 e. The quantitative estimate of drug-likeness (QED) is 0.686. The maximum absolute atomic E-state index is 12.3. The van der Waals surface area contributed by atoms with Crippen molar-refractivity contribution in [3.05, 3.63) is 64.4 Å². The zero-order chi connectivity index (χ0) is 18.7. The molecule has 1 amide bonds. The number of nitrogens with one attached hydrogen (secondary N) is 1. The van der Waals surface area contributed by atoms with E-state index < -0.39 is 5.97 Å². The van der Waals surface area contributed by atoms with Crippen LogP contribution in [0.15, 0.2) is 41.9 Å². The molecule has 134 valence electrons. The number of benzene rings is 1. The van der Waals surface area contributed by atoms with Crippen LogP contribution in [0, 0.1) is 13.8 Å². The van der Waals surface area contributed by atoms with Gasteiger partial charge in [0.05, 0.1) is 11.4 Å². The average molecular weight is 369 g/mol. The van der Waals surface area contributed by atoms with Gasteiger partial charge in [0.2, 0.25) is 5.91 Å². The van der Waals surface area contributed by atoms with E-state index in [2.05, 4.69) is 9.97 Å². The van der Waals surface area contributed by atoms with Gasteiger partial charge in [0.25, 0.3) is 0 Å². The molecule has 1 N–H and O–H groups in total. The maximum atomic E-state index is 12.3. The summed E-state index contributed by atoms with van der Waals surface area (Å²) in [5.74, 6) is -0.561. The Labute approximate surface area is 155 Å². The van der Waals surface area contributed by atoms with Crippen molar-refractivity contribution >= 4 is 34.0 Å². The molecule has 2 heterocycles. The summed E-state index contributed by atoms with van der Waals surface area (Å²) >= 11 is 1.34. The lowest BCUT2D eigenvalue weighted by Crippen LogP contribution is -2.24. The normalized spacial score (nSPS) is 10.6. The van der Waals surface area contributed by atoms with Gasteiger partial charge in [-0.1, -0.05) is 18.2 Å². The zero-order valence-electron chi connectivity index (χ0n) is 14.8. The number of carbonyl (C=O) groups is 2. The predicted octanol–water partition coefficient (Wildman–Crippen LogP) is 4.13. The van der Waals surface area contributed by atoms with Crippen molar-refractivity contribution in [2.45, 2.75) is 27.4 Å². The van der Waals surface area contributed by atoms with Crippen LogP contribution in [0.3, 0.4) is 0 Å². The summed E-state index contributed by atoms with van der Waals surface area (Å²) in [5.41, 5.74) is 3.82. The lowest BCUT2D eigenvalue weighted by molar-refractivity contribution is -0.115. The van der Waals surface area contributed by atoms with Crippen LogP contribution >= 0.6 is 11.3 Å². The van der Waals surface area contributed by atoms with Crippen LogP contribution in [0.4, 0.5) is 10.8 Å². The van der Waals surface area contributed by atoms with Gasteiger partial charge >= 0.3 is 5.97 Å². The van der Waals surface area contributed by atoms with Gasteiger partial charge in [-0.05, 0) is 37.1 Å². The highest BCUT2D eigenvalue weighted by molar-refractivity contribution is 7.14. The number of carbonyl (C=O) groups excluding carboxylic acids is 2. The second kappa shape index (κ2) is 7.53. The minimum Gasteiger partial charge on any atom is -0.454 e. The van der Waals surface area contributed by atoms with Gasteiger partial charge in [-0.25, -0.2) is 9.78 Å². The largest absolute Gasteiger partial charge is 0.454 e. The fourth-order valence-electron chi connectivity index (χ4n) is 2.69. The number of aromatic nitrogens is 2. The topological polar surface area (TPSA) is 75.3 Å². The molecule has 0 radical (unpaired) electrons. The number of esters is 1. The Morgan fingerprint density at radius 1 is 1.19 bits per heavy atom. The first kappa shape index (κ1) is 17.9. The molecular formula is C19H19N3O3S. The molecule has 26 heavy (non-hydrogen) atoms. The number of nitrogens with zero attached hydrogens (tertiary/aromatic N) is 2.